The highest BCUT2D eigenvalue weighted by Crippen LogP contribution is 2.28. The van der Waals surface area contributed by atoms with E-state index in [1.165, 1.54) is 12.8 Å². The van der Waals surface area contributed by atoms with Gasteiger partial charge in [0.25, 0.3) is 5.95 Å². The molecule has 2 rings (SSSR count). The lowest BCUT2D eigenvalue weighted by molar-refractivity contribution is 0.120. The molecule has 1 N–H and O–H groups in total. The fourth-order valence-electron chi connectivity index (χ4n) is 2.46. The van der Waals surface area contributed by atoms with E-state index in [2.05, 4.69) is 28.9 Å². The molecular weight excluding hydrogens is 218 g/mol. The third kappa shape index (κ3) is 2.60. The van der Waals surface area contributed by atoms with E-state index in [-0.39, 0.29) is 11.8 Å². The molecule has 96 valence electrons. The summed E-state index contributed by atoms with van der Waals surface area (Å²) in [4.78, 5) is 6.55. The minimum atomic E-state index is -0.470. The normalized spacial score (nSPS) is 19.9. The highest BCUT2D eigenvalue weighted by Gasteiger charge is 2.28. The van der Waals surface area contributed by atoms with Gasteiger partial charge in [0.05, 0.1) is 12.0 Å². The molecule has 0 aromatic carbocycles. The lowest BCUT2D eigenvalue weighted by Crippen LogP contribution is -2.21. The summed E-state index contributed by atoms with van der Waals surface area (Å²) < 4.78 is 5.30. The molecule has 1 aromatic rings. The first kappa shape index (κ1) is 12.4. The quantitative estimate of drug-likeness (QED) is 0.868. The Morgan fingerprint density at radius 2 is 1.88 bits per heavy atom. The Kier molecular flexibility index (Phi) is 3.66. The van der Waals surface area contributed by atoms with Crippen molar-refractivity contribution in [3.05, 3.63) is 5.89 Å². The molecule has 17 heavy (non-hydrogen) atoms. The molecule has 0 aliphatic carbocycles. The van der Waals surface area contributed by atoms with E-state index < -0.39 is 6.10 Å². The number of hydrogen-bond donors (Lipinski definition) is 1. The maximum atomic E-state index is 9.77. The molecule has 2 unspecified atom stereocenters. The van der Waals surface area contributed by atoms with Gasteiger partial charge in [0.15, 0.2) is 0 Å². The first-order chi connectivity index (χ1) is 8.09. The molecule has 1 fully saturated rings. The highest BCUT2D eigenvalue weighted by atomic mass is 16.5. The average molecular weight is 239 g/mol. The van der Waals surface area contributed by atoms with E-state index in [1.54, 1.807) is 6.92 Å². The fraction of sp³-hybridized carbons (Fsp3) is 0.833. The molecule has 5 heteroatoms. The zero-order chi connectivity index (χ0) is 12.4. The number of hydrogen-bond acceptors (Lipinski definition) is 5. The topological polar surface area (TPSA) is 62.4 Å². The lowest BCUT2D eigenvalue weighted by atomic mass is 9.91. The third-order valence-electron chi connectivity index (χ3n) is 3.34. The van der Waals surface area contributed by atoms with Gasteiger partial charge in [0.1, 0.15) is 0 Å². The summed E-state index contributed by atoms with van der Waals surface area (Å²) in [7, 11) is 0. The summed E-state index contributed by atoms with van der Waals surface area (Å²) in [6.07, 6.45) is 1.91. The Morgan fingerprint density at radius 1 is 1.24 bits per heavy atom. The van der Waals surface area contributed by atoms with Gasteiger partial charge in [-0.15, -0.1) is 0 Å². The van der Waals surface area contributed by atoms with Crippen molar-refractivity contribution in [3.63, 3.8) is 0 Å². The summed E-state index contributed by atoms with van der Waals surface area (Å²) >= 11 is 0. The second-order valence-electron chi connectivity index (χ2n) is 5.14. The van der Waals surface area contributed by atoms with Gasteiger partial charge in [-0.2, -0.15) is 4.98 Å². The smallest absolute Gasteiger partial charge is 0.266 e. The maximum Gasteiger partial charge on any atom is 0.266 e. The highest BCUT2D eigenvalue weighted by molar-refractivity contribution is 5.29. The molecule has 1 saturated heterocycles. The van der Waals surface area contributed by atoms with Crippen LogP contribution in [0.2, 0.25) is 0 Å². The van der Waals surface area contributed by atoms with Crippen LogP contribution >= 0.6 is 0 Å². The van der Waals surface area contributed by atoms with Gasteiger partial charge < -0.3 is 14.5 Å². The summed E-state index contributed by atoms with van der Waals surface area (Å²) in [6.45, 7) is 7.87. The first-order valence-electron chi connectivity index (χ1n) is 6.36. The molecule has 1 aliphatic heterocycles. The predicted octanol–water partition coefficient (Wildman–Crippen LogP) is 1.79. The van der Waals surface area contributed by atoms with Crippen LogP contribution in [0.15, 0.2) is 4.52 Å². The molecule has 0 amide bonds. The Labute approximate surface area is 102 Å². The van der Waals surface area contributed by atoms with Gasteiger partial charge in [-0.05, 0) is 30.8 Å². The van der Waals surface area contributed by atoms with Gasteiger partial charge in [0, 0.05) is 13.1 Å². The van der Waals surface area contributed by atoms with Crippen LogP contribution in [0.25, 0.3) is 0 Å². The summed E-state index contributed by atoms with van der Waals surface area (Å²) in [5.41, 5.74) is 0. The lowest BCUT2D eigenvalue weighted by Gasteiger charge is -2.19. The Bertz CT molecular complexity index is 348. The maximum absolute atomic E-state index is 9.77. The molecule has 1 aromatic heterocycles. The van der Waals surface area contributed by atoms with Crippen LogP contribution in [0.3, 0.4) is 0 Å². The second kappa shape index (κ2) is 5.04. The van der Waals surface area contributed by atoms with Crippen LogP contribution in [-0.2, 0) is 0 Å². The summed E-state index contributed by atoms with van der Waals surface area (Å²) in [5, 5.41) is 13.8. The zero-order valence-corrected chi connectivity index (χ0v) is 10.8. The molecule has 0 bridgehead atoms. The number of rotatable bonds is 4. The van der Waals surface area contributed by atoms with Gasteiger partial charge in [-0.1, -0.05) is 13.8 Å². The van der Waals surface area contributed by atoms with Gasteiger partial charge >= 0.3 is 0 Å². The molecule has 2 atom stereocenters. The Morgan fingerprint density at radius 3 is 2.41 bits per heavy atom. The number of nitrogens with zero attached hydrogens (tertiary/aromatic N) is 3. The van der Waals surface area contributed by atoms with Gasteiger partial charge in [-0.3, -0.25) is 0 Å². The average Bonchev–Trinajstić information content (AvgIpc) is 2.83. The second-order valence-corrected chi connectivity index (χ2v) is 5.14. The standard InChI is InChI=1S/C12H21N3O2/c1-8(2)10(9(3)16)11-13-12(14-17-11)15-6-4-5-7-15/h8-10,16H,4-7H2,1-3H3. The van der Waals surface area contributed by atoms with Crippen molar-refractivity contribution in [2.75, 3.05) is 18.0 Å². The van der Waals surface area contributed by atoms with Gasteiger partial charge in [-0.25, -0.2) is 0 Å². The molecule has 2 heterocycles. The number of anilines is 1. The molecule has 0 spiro atoms. The van der Waals surface area contributed by atoms with Crippen LogP contribution in [0.1, 0.15) is 45.4 Å². The van der Waals surface area contributed by atoms with Crippen LogP contribution in [0.5, 0.6) is 0 Å². The zero-order valence-electron chi connectivity index (χ0n) is 10.8. The van der Waals surface area contributed by atoms with Crippen molar-refractivity contribution in [1.29, 1.82) is 0 Å². The number of aliphatic hydroxyl groups is 1. The Hall–Kier alpha value is -1.10. The Balaban J connectivity index is 2.15. The predicted molar refractivity (Wildman–Crippen MR) is 65.0 cm³/mol. The van der Waals surface area contributed by atoms with Crippen molar-refractivity contribution in [2.24, 2.45) is 5.92 Å². The van der Waals surface area contributed by atoms with E-state index in [0.717, 1.165) is 13.1 Å². The monoisotopic (exact) mass is 239 g/mol. The van der Waals surface area contributed by atoms with Crippen LogP contribution in [-0.4, -0.2) is 34.4 Å². The minimum Gasteiger partial charge on any atom is -0.393 e. The van der Waals surface area contributed by atoms with Crippen molar-refractivity contribution >= 4 is 5.95 Å². The van der Waals surface area contributed by atoms with Crippen molar-refractivity contribution in [2.45, 2.75) is 45.6 Å². The van der Waals surface area contributed by atoms with Crippen LogP contribution in [0.4, 0.5) is 5.95 Å². The minimum absolute atomic E-state index is 0.0844. The number of aromatic nitrogens is 2. The van der Waals surface area contributed by atoms with Gasteiger partial charge in [0.2, 0.25) is 5.89 Å². The largest absolute Gasteiger partial charge is 0.393 e. The third-order valence-corrected chi connectivity index (χ3v) is 3.34. The first-order valence-corrected chi connectivity index (χ1v) is 6.36. The molecular formula is C12H21N3O2. The van der Waals surface area contributed by atoms with E-state index in [0.29, 0.717) is 11.8 Å². The number of aliphatic hydroxyl groups excluding tert-OH is 1. The van der Waals surface area contributed by atoms with Crippen molar-refractivity contribution in [1.82, 2.24) is 10.1 Å². The van der Waals surface area contributed by atoms with E-state index in [1.807, 2.05) is 0 Å². The summed E-state index contributed by atoms with van der Waals surface area (Å²) in [5.74, 6) is 1.42. The SMILES string of the molecule is CC(C)C(c1nc(N2CCCC2)no1)C(C)O. The molecule has 5 nitrogen and oxygen atoms in total. The van der Waals surface area contributed by atoms with E-state index in [4.69, 9.17) is 4.52 Å². The van der Waals surface area contributed by atoms with E-state index >= 15 is 0 Å². The van der Waals surface area contributed by atoms with E-state index in [9.17, 15) is 5.11 Å². The molecule has 1 aliphatic rings. The summed E-state index contributed by atoms with van der Waals surface area (Å²) in [6, 6.07) is 0. The van der Waals surface area contributed by atoms with Crippen LogP contribution < -0.4 is 4.90 Å². The molecule has 0 saturated carbocycles. The molecule has 0 radical (unpaired) electrons. The van der Waals surface area contributed by atoms with Crippen molar-refractivity contribution in [3.8, 4) is 0 Å². The van der Waals surface area contributed by atoms with Crippen molar-refractivity contribution < 1.29 is 9.63 Å². The van der Waals surface area contributed by atoms with Crippen LogP contribution in [0, 0.1) is 5.92 Å². The fourth-order valence-corrected chi connectivity index (χ4v) is 2.46.